The maximum atomic E-state index is 11.7. The number of benzene rings is 1. The van der Waals surface area contributed by atoms with Gasteiger partial charge in [0.1, 0.15) is 0 Å². The molecule has 0 radical (unpaired) electrons. The van der Waals surface area contributed by atoms with E-state index in [9.17, 15) is 4.79 Å². The molecule has 0 bridgehead atoms. The largest absolute Gasteiger partial charge is 0.397 e. The van der Waals surface area contributed by atoms with Crippen LogP contribution in [0.15, 0.2) is 22.7 Å². The number of nitrogens with one attached hydrogen (secondary N) is 2. The third kappa shape index (κ3) is 3.34. The molecule has 0 aromatic heterocycles. The zero-order chi connectivity index (χ0) is 12.3. The van der Waals surface area contributed by atoms with Crippen molar-refractivity contribution in [1.82, 2.24) is 5.32 Å². The van der Waals surface area contributed by atoms with Crippen molar-refractivity contribution in [2.45, 2.75) is 12.5 Å². The fourth-order valence-electron chi connectivity index (χ4n) is 1.64. The monoisotopic (exact) mass is 299 g/mol. The van der Waals surface area contributed by atoms with E-state index >= 15 is 0 Å². The quantitative estimate of drug-likeness (QED) is 0.731. The minimum Gasteiger partial charge on any atom is -0.397 e. The van der Waals surface area contributed by atoms with Crippen molar-refractivity contribution in [2.24, 2.45) is 0 Å². The molecule has 92 valence electrons. The lowest BCUT2D eigenvalue weighted by molar-refractivity contribution is 0.189. The van der Waals surface area contributed by atoms with E-state index < -0.39 is 0 Å². The van der Waals surface area contributed by atoms with Gasteiger partial charge in [0.05, 0.1) is 24.0 Å². The van der Waals surface area contributed by atoms with Crippen molar-refractivity contribution < 1.29 is 9.53 Å². The number of amides is 2. The third-order valence-electron chi connectivity index (χ3n) is 2.53. The number of rotatable bonds is 2. The molecule has 1 aliphatic heterocycles. The van der Waals surface area contributed by atoms with Crippen molar-refractivity contribution in [1.29, 1.82) is 0 Å². The number of ether oxygens (including phenoxy) is 1. The van der Waals surface area contributed by atoms with Gasteiger partial charge in [-0.25, -0.2) is 4.79 Å². The van der Waals surface area contributed by atoms with E-state index in [0.717, 1.165) is 10.9 Å². The summed E-state index contributed by atoms with van der Waals surface area (Å²) in [5.41, 5.74) is 6.91. The van der Waals surface area contributed by atoms with Crippen LogP contribution in [-0.4, -0.2) is 25.3 Å². The molecule has 1 saturated heterocycles. The van der Waals surface area contributed by atoms with Gasteiger partial charge < -0.3 is 21.1 Å². The Bertz CT molecular complexity index is 419. The Kier molecular flexibility index (Phi) is 3.86. The molecule has 2 rings (SSSR count). The minimum atomic E-state index is -0.255. The number of halogens is 1. The highest BCUT2D eigenvalue weighted by Crippen LogP contribution is 2.22. The molecule has 2 amide bonds. The van der Waals surface area contributed by atoms with Crippen LogP contribution in [0.25, 0.3) is 0 Å². The fourth-order valence-corrected chi connectivity index (χ4v) is 2.02. The molecule has 1 heterocycles. The van der Waals surface area contributed by atoms with Gasteiger partial charge in [-0.15, -0.1) is 0 Å². The first-order valence-corrected chi connectivity index (χ1v) is 6.15. The summed E-state index contributed by atoms with van der Waals surface area (Å²) in [7, 11) is 0. The lowest BCUT2D eigenvalue weighted by atomic mass is 10.2. The van der Waals surface area contributed by atoms with E-state index in [4.69, 9.17) is 10.5 Å². The molecule has 0 aliphatic carbocycles. The van der Waals surface area contributed by atoms with Crippen molar-refractivity contribution in [3.05, 3.63) is 22.7 Å². The molecule has 0 spiro atoms. The Morgan fingerprint density at radius 2 is 2.35 bits per heavy atom. The maximum absolute atomic E-state index is 11.7. The van der Waals surface area contributed by atoms with Gasteiger partial charge in [0.25, 0.3) is 0 Å². The second kappa shape index (κ2) is 5.37. The normalized spacial score (nSPS) is 19.0. The van der Waals surface area contributed by atoms with E-state index in [2.05, 4.69) is 26.6 Å². The summed E-state index contributed by atoms with van der Waals surface area (Å²) in [6.07, 6.45) is 0.850. The van der Waals surface area contributed by atoms with Gasteiger partial charge in [-0.2, -0.15) is 0 Å². The number of urea groups is 1. The Hall–Kier alpha value is -1.27. The van der Waals surface area contributed by atoms with Gasteiger partial charge in [-0.1, -0.05) is 15.9 Å². The second-order valence-corrected chi connectivity index (χ2v) is 4.81. The first-order valence-electron chi connectivity index (χ1n) is 5.35. The molecular weight excluding hydrogens is 286 g/mol. The van der Waals surface area contributed by atoms with E-state index in [1.165, 1.54) is 0 Å². The van der Waals surface area contributed by atoms with Crippen LogP contribution in [-0.2, 0) is 4.74 Å². The van der Waals surface area contributed by atoms with Gasteiger partial charge >= 0.3 is 6.03 Å². The van der Waals surface area contributed by atoms with Crippen LogP contribution in [0.4, 0.5) is 16.2 Å². The number of nitrogen functional groups attached to an aromatic ring is 1. The highest BCUT2D eigenvalue weighted by molar-refractivity contribution is 9.10. The van der Waals surface area contributed by atoms with E-state index in [1.54, 1.807) is 12.1 Å². The lowest BCUT2D eigenvalue weighted by Gasteiger charge is -2.13. The predicted octanol–water partition coefficient (Wildman–Crippen LogP) is 1.94. The predicted molar refractivity (Wildman–Crippen MR) is 69.9 cm³/mol. The number of anilines is 2. The average molecular weight is 300 g/mol. The van der Waals surface area contributed by atoms with E-state index in [1.807, 2.05) is 6.07 Å². The average Bonchev–Trinajstić information content (AvgIpc) is 2.75. The van der Waals surface area contributed by atoms with Crippen LogP contribution in [0, 0.1) is 0 Å². The fraction of sp³-hybridized carbons (Fsp3) is 0.364. The molecule has 1 fully saturated rings. The summed E-state index contributed by atoms with van der Waals surface area (Å²) in [5.74, 6) is 0. The Balaban J connectivity index is 1.93. The Morgan fingerprint density at radius 3 is 3.00 bits per heavy atom. The molecule has 1 unspecified atom stereocenters. The zero-order valence-corrected chi connectivity index (χ0v) is 10.8. The number of hydrogen-bond donors (Lipinski definition) is 3. The van der Waals surface area contributed by atoms with Crippen molar-refractivity contribution in [3.63, 3.8) is 0 Å². The summed E-state index contributed by atoms with van der Waals surface area (Å²) in [5, 5.41) is 5.54. The molecule has 17 heavy (non-hydrogen) atoms. The number of nitrogens with two attached hydrogens (primary N) is 1. The van der Waals surface area contributed by atoms with Gasteiger partial charge in [-0.05, 0) is 24.6 Å². The first kappa shape index (κ1) is 12.2. The second-order valence-electron chi connectivity index (χ2n) is 3.89. The van der Waals surface area contributed by atoms with Crippen molar-refractivity contribution >= 4 is 33.3 Å². The summed E-state index contributed by atoms with van der Waals surface area (Å²) < 4.78 is 6.05. The highest BCUT2D eigenvalue weighted by Gasteiger charge is 2.17. The van der Waals surface area contributed by atoms with Gasteiger partial charge in [0.2, 0.25) is 0 Å². The van der Waals surface area contributed by atoms with Crippen LogP contribution in [0.1, 0.15) is 6.42 Å². The molecular formula is C11H14BrN3O2. The molecule has 6 heteroatoms. The summed E-state index contributed by atoms with van der Waals surface area (Å²) >= 11 is 3.31. The molecule has 4 N–H and O–H groups in total. The zero-order valence-electron chi connectivity index (χ0n) is 9.20. The van der Waals surface area contributed by atoms with E-state index in [-0.39, 0.29) is 12.1 Å². The Labute approximate surface area is 108 Å². The van der Waals surface area contributed by atoms with Gasteiger partial charge in [0.15, 0.2) is 0 Å². The Morgan fingerprint density at radius 1 is 1.53 bits per heavy atom. The minimum absolute atomic E-state index is 0.0895. The molecule has 1 aromatic rings. The third-order valence-corrected chi connectivity index (χ3v) is 3.02. The number of carbonyl (C=O) groups excluding carboxylic acids is 1. The molecule has 1 aliphatic rings. The standard InChI is InChI=1S/C11H14BrN3O2/c12-7-1-2-10(9(13)5-7)15-11(16)14-8-3-4-17-6-8/h1-2,5,8H,3-4,6,13H2,(H2,14,15,16). The molecule has 1 atom stereocenters. The number of carbonyl (C=O) groups is 1. The number of hydrogen-bond acceptors (Lipinski definition) is 3. The summed E-state index contributed by atoms with van der Waals surface area (Å²) in [6.45, 7) is 1.27. The van der Waals surface area contributed by atoms with Crippen LogP contribution in [0.5, 0.6) is 0 Å². The lowest BCUT2D eigenvalue weighted by Crippen LogP contribution is -2.38. The van der Waals surface area contributed by atoms with Gasteiger partial charge in [-0.3, -0.25) is 0 Å². The maximum Gasteiger partial charge on any atom is 0.319 e. The highest BCUT2D eigenvalue weighted by atomic mass is 79.9. The SMILES string of the molecule is Nc1cc(Br)ccc1NC(=O)NC1CCOC1. The van der Waals surface area contributed by atoms with Crippen LogP contribution in [0.3, 0.4) is 0 Å². The van der Waals surface area contributed by atoms with Crippen molar-refractivity contribution in [2.75, 3.05) is 24.3 Å². The summed E-state index contributed by atoms with van der Waals surface area (Å²) in [4.78, 5) is 11.7. The van der Waals surface area contributed by atoms with Crippen molar-refractivity contribution in [3.8, 4) is 0 Å². The van der Waals surface area contributed by atoms with Crippen LogP contribution < -0.4 is 16.4 Å². The van der Waals surface area contributed by atoms with Crippen LogP contribution >= 0.6 is 15.9 Å². The van der Waals surface area contributed by atoms with E-state index in [0.29, 0.717) is 24.6 Å². The van der Waals surface area contributed by atoms with Crippen LogP contribution in [0.2, 0.25) is 0 Å². The first-order chi connectivity index (χ1) is 8.15. The van der Waals surface area contributed by atoms with Gasteiger partial charge in [0, 0.05) is 11.1 Å². The topological polar surface area (TPSA) is 76.4 Å². The smallest absolute Gasteiger partial charge is 0.319 e. The molecule has 1 aromatic carbocycles. The summed E-state index contributed by atoms with van der Waals surface area (Å²) in [6, 6.07) is 5.16. The molecule has 0 saturated carbocycles. The molecule has 5 nitrogen and oxygen atoms in total.